The van der Waals surface area contributed by atoms with E-state index in [4.69, 9.17) is 9.47 Å². The molecule has 3 heterocycles. The van der Waals surface area contributed by atoms with Gasteiger partial charge in [0.2, 0.25) is 0 Å². The summed E-state index contributed by atoms with van der Waals surface area (Å²) in [5, 5.41) is 0. The zero-order valence-electron chi connectivity index (χ0n) is 20.7. The molecule has 0 aliphatic carbocycles. The second kappa shape index (κ2) is 9.49. The fourth-order valence-electron chi connectivity index (χ4n) is 5.44. The second-order valence-electron chi connectivity index (χ2n) is 11.0. The Morgan fingerprint density at radius 1 is 0.853 bits per heavy atom. The molecule has 2 aromatic rings. The summed E-state index contributed by atoms with van der Waals surface area (Å²) in [5.41, 5.74) is 3.34. The van der Waals surface area contributed by atoms with E-state index in [1.165, 1.54) is 16.9 Å². The standard InChI is InChI=1S/C28H37N3O3/c1-28(2,3)34-27(32)31-17-22-15-30(16-23(22)18-31)25-11-9-24(10-12-25)29-14-13-26(19-29)33-20-21-7-5-4-6-8-21/h4-12,22-23,26H,13-20H2,1-3H3/t22?,23?,26-/m1/s1. The Morgan fingerprint density at radius 2 is 1.47 bits per heavy atom. The number of nitrogens with zero attached hydrogens (tertiary/aromatic N) is 3. The number of benzene rings is 2. The number of hydrogen-bond acceptors (Lipinski definition) is 5. The lowest BCUT2D eigenvalue weighted by atomic mass is 10.0. The third-order valence-corrected chi connectivity index (χ3v) is 7.19. The minimum absolute atomic E-state index is 0.172. The highest BCUT2D eigenvalue weighted by Crippen LogP contribution is 2.35. The SMILES string of the molecule is CC(C)(C)OC(=O)N1CC2CN(c3ccc(N4CC[C@@H](OCc5ccccc5)C4)cc3)CC2C1. The molecule has 3 aliphatic rings. The van der Waals surface area contributed by atoms with Crippen LogP contribution in [-0.4, -0.2) is 62.0 Å². The number of amides is 1. The van der Waals surface area contributed by atoms with Gasteiger partial charge in [-0.2, -0.15) is 0 Å². The number of likely N-dealkylation sites (tertiary alicyclic amines) is 1. The van der Waals surface area contributed by atoms with Crippen LogP contribution in [0.3, 0.4) is 0 Å². The van der Waals surface area contributed by atoms with E-state index in [1.807, 2.05) is 31.7 Å². The summed E-state index contributed by atoms with van der Waals surface area (Å²) in [6, 6.07) is 19.4. The normalized spacial score (nSPS) is 24.6. The third kappa shape index (κ3) is 5.33. The maximum absolute atomic E-state index is 12.4. The van der Waals surface area contributed by atoms with Crippen molar-refractivity contribution in [1.29, 1.82) is 0 Å². The summed E-state index contributed by atoms with van der Waals surface area (Å²) < 4.78 is 11.7. The number of fused-ring (bicyclic) bond motifs is 1. The fraction of sp³-hybridized carbons (Fsp3) is 0.536. The van der Waals surface area contributed by atoms with Crippen LogP contribution in [0.2, 0.25) is 0 Å². The van der Waals surface area contributed by atoms with Crippen molar-refractivity contribution in [3.05, 3.63) is 60.2 Å². The van der Waals surface area contributed by atoms with E-state index in [0.717, 1.165) is 45.7 Å². The molecule has 6 nitrogen and oxygen atoms in total. The van der Waals surface area contributed by atoms with Crippen LogP contribution in [0.4, 0.5) is 16.2 Å². The van der Waals surface area contributed by atoms with Crippen LogP contribution in [0.1, 0.15) is 32.8 Å². The Balaban J connectivity index is 1.10. The first-order valence-electron chi connectivity index (χ1n) is 12.6. The van der Waals surface area contributed by atoms with Gasteiger partial charge in [-0.25, -0.2) is 4.79 Å². The Labute approximate surface area is 203 Å². The number of ether oxygens (including phenoxy) is 2. The van der Waals surface area contributed by atoms with E-state index in [1.54, 1.807) is 0 Å². The van der Waals surface area contributed by atoms with Crippen molar-refractivity contribution in [2.24, 2.45) is 11.8 Å². The van der Waals surface area contributed by atoms with E-state index in [2.05, 4.69) is 58.3 Å². The first-order valence-corrected chi connectivity index (χ1v) is 12.6. The predicted octanol–water partition coefficient (Wildman–Crippen LogP) is 4.79. The Kier molecular flexibility index (Phi) is 6.43. The second-order valence-corrected chi connectivity index (χ2v) is 11.0. The van der Waals surface area contributed by atoms with Crippen LogP contribution in [0, 0.1) is 11.8 Å². The molecule has 3 saturated heterocycles. The Hall–Kier alpha value is -2.73. The van der Waals surface area contributed by atoms with Gasteiger partial charge in [0.15, 0.2) is 0 Å². The van der Waals surface area contributed by atoms with Crippen molar-refractivity contribution in [2.45, 2.75) is 45.5 Å². The fourth-order valence-corrected chi connectivity index (χ4v) is 5.44. The van der Waals surface area contributed by atoms with Crippen LogP contribution in [0.5, 0.6) is 0 Å². The van der Waals surface area contributed by atoms with Gasteiger partial charge in [-0.15, -0.1) is 0 Å². The zero-order valence-corrected chi connectivity index (χ0v) is 20.7. The molecule has 6 heteroatoms. The molecule has 0 N–H and O–H groups in total. The van der Waals surface area contributed by atoms with E-state index < -0.39 is 5.60 Å². The number of anilines is 2. The summed E-state index contributed by atoms with van der Waals surface area (Å²) in [7, 11) is 0. The lowest BCUT2D eigenvalue weighted by Crippen LogP contribution is -2.37. The molecule has 3 fully saturated rings. The lowest BCUT2D eigenvalue weighted by molar-refractivity contribution is 0.0282. The van der Waals surface area contributed by atoms with Crippen molar-refractivity contribution in [1.82, 2.24) is 4.90 Å². The Bertz CT molecular complexity index is 959. The van der Waals surface area contributed by atoms with Crippen LogP contribution < -0.4 is 9.80 Å². The summed E-state index contributed by atoms with van der Waals surface area (Å²) in [6.45, 7) is 12.0. The molecule has 0 radical (unpaired) electrons. The van der Waals surface area contributed by atoms with Gasteiger partial charge in [0, 0.05) is 62.5 Å². The van der Waals surface area contributed by atoms with Gasteiger partial charge >= 0.3 is 6.09 Å². The highest BCUT2D eigenvalue weighted by Gasteiger charge is 2.42. The third-order valence-electron chi connectivity index (χ3n) is 7.19. The maximum atomic E-state index is 12.4. The van der Waals surface area contributed by atoms with Crippen molar-refractivity contribution >= 4 is 17.5 Å². The number of carbonyl (C=O) groups excluding carboxylic acids is 1. The first-order chi connectivity index (χ1) is 16.3. The molecule has 3 aliphatic heterocycles. The van der Waals surface area contributed by atoms with Gasteiger partial charge in [-0.1, -0.05) is 30.3 Å². The summed E-state index contributed by atoms with van der Waals surface area (Å²) >= 11 is 0. The quantitative estimate of drug-likeness (QED) is 0.638. The number of hydrogen-bond donors (Lipinski definition) is 0. The van der Waals surface area contributed by atoms with E-state index in [9.17, 15) is 4.79 Å². The van der Waals surface area contributed by atoms with E-state index in [0.29, 0.717) is 18.4 Å². The molecule has 34 heavy (non-hydrogen) atoms. The minimum atomic E-state index is -0.439. The topological polar surface area (TPSA) is 45.2 Å². The molecule has 182 valence electrons. The van der Waals surface area contributed by atoms with Gasteiger partial charge in [0.1, 0.15) is 5.60 Å². The van der Waals surface area contributed by atoms with Crippen LogP contribution in [-0.2, 0) is 16.1 Å². The number of carbonyl (C=O) groups is 1. The molecular weight excluding hydrogens is 426 g/mol. The largest absolute Gasteiger partial charge is 0.444 e. The first kappa shape index (κ1) is 23.0. The molecule has 1 amide bonds. The average molecular weight is 464 g/mol. The summed E-state index contributed by atoms with van der Waals surface area (Å²) in [5.74, 6) is 1.04. The Morgan fingerprint density at radius 3 is 2.09 bits per heavy atom. The van der Waals surface area contributed by atoms with Gasteiger partial charge in [-0.3, -0.25) is 0 Å². The van der Waals surface area contributed by atoms with Crippen LogP contribution in [0.15, 0.2) is 54.6 Å². The van der Waals surface area contributed by atoms with Crippen LogP contribution in [0.25, 0.3) is 0 Å². The summed E-state index contributed by atoms with van der Waals surface area (Å²) in [4.78, 5) is 19.2. The highest BCUT2D eigenvalue weighted by atomic mass is 16.6. The van der Waals surface area contributed by atoms with E-state index >= 15 is 0 Å². The molecule has 2 aromatic carbocycles. The van der Waals surface area contributed by atoms with Gasteiger partial charge in [0.25, 0.3) is 0 Å². The maximum Gasteiger partial charge on any atom is 0.410 e. The van der Waals surface area contributed by atoms with Crippen molar-refractivity contribution in [3.63, 3.8) is 0 Å². The molecule has 5 rings (SSSR count). The molecule has 0 bridgehead atoms. The molecule has 0 spiro atoms. The smallest absolute Gasteiger partial charge is 0.410 e. The monoisotopic (exact) mass is 463 g/mol. The van der Waals surface area contributed by atoms with Crippen molar-refractivity contribution < 1.29 is 14.3 Å². The highest BCUT2D eigenvalue weighted by molar-refractivity contribution is 5.69. The van der Waals surface area contributed by atoms with Gasteiger partial charge < -0.3 is 24.2 Å². The van der Waals surface area contributed by atoms with Crippen molar-refractivity contribution in [2.75, 3.05) is 49.1 Å². The summed E-state index contributed by atoms with van der Waals surface area (Å²) in [6.07, 6.45) is 1.18. The van der Waals surface area contributed by atoms with Crippen LogP contribution >= 0.6 is 0 Å². The zero-order chi connectivity index (χ0) is 23.7. The van der Waals surface area contributed by atoms with Gasteiger partial charge in [-0.05, 0) is 57.0 Å². The molecule has 3 atom stereocenters. The molecule has 2 unspecified atom stereocenters. The van der Waals surface area contributed by atoms with Gasteiger partial charge in [0.05, 0.1) is 12.7 Å². The molecule has 0 aromatic heterocycles. The lowest BCUT2D eigenvalue weighted by Gasteiger charge is -2.27. The molecule has 0 saturated carbocycles. The van der Waals surface area contributed by atoms with E-state index in [-0.39, 0.29) is 12.2 Å². The minimum Gasteiger partial charge on any atom is -0.444 e. The predicted molar refractivity (Wildman–Crippen MR) is 135 cm³/mol. The number of rotatable bonds is 5. The average Bonchev–Trinajstić information content (AvgIpc) is 3.52. The molecular formula is C28H37N3O3. The van der Waals surface area contributed by atoms with Crippen molar-refractivity contribution in [3.8, 4) is 0 Å².